The molecule has 4 rings (SSSR count). The molecule has 3 nitrogen and oxygen atoms in total. The molecule has 2 saturated carbocycles. The van der Waals surface area contributed by atoms with Gasteiger partial charge in [0.15, 0.2) is 0 Å². The zero-order valence-electron chi connectivity index (χ0n) is 12.3. The number of rotatable bonds is 6. The quantitative estimate of drug-likeness (QED) is 0.877. The summed E-state index contributed by atoms with van der Waals surface area (Å²) in [6, 6.07) is 11.0. The smallest absolute Gasteiger partial charge is 0.129 e. The maximum absolute atomic E-state index is 6.47. The van der Waals surface area contributed by atoms with Crippen molar-refractivity contribution in [1.82, 2.24) is 10.3 Å². The van der Waals surface area contributed by atoms with Crippen LogP contribution in [0.15, 0.2) is 36.5 Å². The number of nitrogens with one attached hydrogen (secondary N) is 1. The molecule has 2 aliphatic rings. The SMILES string of the molecule is c1cc(OC2(CCNC3CC3)CCC2)c2cccnc2c1. The highest BCUT2D eigenvalue weighted by Gasteiger charge is 2.39. The van der Waals surface area contributed by atoms with Gasteiger partial charge in [0, 0.05) is 17.6 Å². The predicted molar refractivity (Wildman–Crippen MR) is 84.6 cm³/mol. The Morgan fingerprint density at radius 3 is 2.86 bits per heavy atom. The topological polar surface area (TPSA) is 34.1 Å². The average molecular weight is 282 g/mol. The molecule has 0 unspecified atom stereocenters. The van der Waals surface area contributed by atoms with E-state index in [0.29, 0.717) is 0 Å². The van der Waals surface area contributed by atoms with Gasteiger partial charge in [-0.25, -0.2) is 0 Å². The molecule has 0 spiro atoms. The standard InChI is InChI=1S/C18H22N2O/c1-5-16-15(4-2-12-20-16)17(6-1)21-18(9-3-10-18)11-13-19-14-7-8-14/h1-2,4-6,12,14,19H,3,7-11,13H2. The number of ether oxygens (including phenoxy) is 1. The fraction of sp³-hybridized carbons (Fsp3) is 0.500. The van der Waals surface area contributed by atoms with Gasteiger partial charge >= 0.3 is 0 Å². The van der Waals surface area contributed by atoms with Crippen LogP contribution in [-0.2, 0) is 0 Å². The third kappa shape index (κ3) is 2.75. The van der Waals surface area contributed by atoms with Crippen molar-refractivity contribution in [2.24, 2.45) is 0 Å². The van der Waals surface area contributed by atoms with Gasteiger partial charge in [0.05, 0.1) is 5.52 Å². The van der Waals surface area contributed by atoms with Crippen LogP contribution in [0.4, 0.5) is 0 Å². The van der Waals surface area contributed by atoms with Crippen LogP contribution in [0.5, 0.6) is 5.75 Å². The minimum atomic E-state index is 0.0476. The maximum Gasteiger partial charge on any atom is 0.129 e. The normalized spacial score (nSPS) is 20.2. The maximum atomic E-state index is 6.47. The highest BCUT2D eigenvalue weighted by molar-refractivity contribution is 5.84. The summed E-state index contributed by atoms with van der Waals surface area (Å²) in [7, 11) is 0. The van der Waals surface area contributed by atoms with Gasteiger partial charge in [0.1, 0.15) is 11.4 Å². The van der Waals surface area contributed by atoms with E-state index in [4.69, 9.17) is 4.74 Å². The summed E-state index contributed by atoms with van der Waals surface area (Å²) in [4.78, 5) is 4.42. The third-order valence-electron chi connectivity index (χ3n) is 4.79. The molecule has 2 aromatic rings. The molecule has 0 atom stereocenters. The van der Waals surface area contributed by atoms with Crippen molar-refractivity contribution in [3.8, 4) is 5.75 Å². The van der Waals surface area contributed by atoms with Crippen molar-refractivity contribution in [2.75, 3.05) is 6.54 Å². The van der Waals surface area contributed by atoms with Crippen LogP contribution in [0.2, 0.25) is 0 Å². The van der Waals surface area contributed by atoms with E-state index in [1.165, 1.54) is 32.1 Å². The number of fused-ring (bicyclic) bond motifs is 1. The van der Waals surface area contributed by atoms with Crippen LogP contribution < -0.4 is 10.1 Å². The van der Waals surface area contributed by atoms with E-state index in [9.17, 15) is 0 Å². The average Bonchev–Trinajstić information content (AvgIpc) is 3.29. The molecule has 3 heteroatoms. The zero-order chi connectivity index (χ0) is 14.1. The predicted octanol–water partition coefficient (Wildman–Crippen LogP) is 3.68. The molecule has 1 heterocycles. The number of nitrogens with zero attached hydrogens (tertiary/aromatic N) is 1. The van der Waals surface area contributed by atoms with E-state index >= 15 is 0 Å². The largest absolute Gasteiger partial charge is 0.487 e. The van der Waals surface area contributed by atoms with E-state index in [-0.39, 0.29) is 5.60 Å². The molecule has 0 radical (unpaired) electrons. The molecule has 0 bridgehead atoms. The van der Waals surface area contributed by atoms with Crippen molar-refractivity contribution in [1.29, 1.82) is 0 Å². The van der Waals surface area contributed by atoms with Gasteiger partial charge < -0.3 is 10.1 Å². The molecule has 110 valence electrons. The first-order chi connectivity index (χ1) is 10.3. The van der Waals surface area contributed by atoms with Crippen LogP contribution in [-0.4, -0.2) is 23.2 Å². The first-order valence-electron chi connectivity index (χ1n) is 8.11. The third-order valence-corrected chi connectivity index (χ3v) is 4.79. The first kappa shape index (κ1) is 13.1. The van der Waals surface area contributed by atoms with E-state index in [0.717, 1.165) is 35.7 Å². The summed E-state index contributed by atoms with van der Waals surface area (Å²) in [6.07, 6.45) is 9.29. The minimum Gasteiger partial charge on any atom is -0.487 e. The molecule has 1 aromatic heterocycles. The Morgan fingerprint density at radius 1 is 1.19 bits per heavy atom. The Labute approximate surface area is 125 Å². The Kier molecular flexibility index (Phi) is 3.30. The van der Waals surface area contributed by atoms with Crippen molar-refractivity contribution >= 4 is 10.9 Å². The van der Waals surface area contributed by atoms with E-state index < -0.39 is 0 Å². The second-order valence-corrected chi connectivity index (χ2v) is 6.44. The summed E-state index contributed by atoms with van der Waals surface area (Å²) in [5.74, 6) is 0.992. The van der Waals surface area contributed by atoms with Gasteiger partial charge in [-0.1, -0.05) is 6.07 Å². The van der Waals surface area contributed by atoms with Gasteiger partial charge in [-0.05, 0) is 69.3 Å². The Bertz CT molecular complexity index is 627. The van der Waals surface area contributed by atoms with Gasteiger partial charge in [-0.3, -0.25) is 4.98 Å². The first-order valence-corrected chi connectivity index (χ1v) is 8.11. The van der Waals surface area contributed by atoms with Crippen molar-refractivity contribution in [3.05, 3.63) is 36.5 Å². The molecule has 0 saturated heterocycles. The highest BCUT2D eigenvalue weighted by atomic mass is 16.5. The van der Waals surface area contributed by atoms with Crippen molar-refractivity contribution in [3.63, 3.8) is 0 Å². The van der Waals surface area contributed by atoms with E-state index in [1.807, 2.05) is 24.4 Å². The van der Waals surface area contributed by atoms with E-state index in [1.54, 1.807) is 0 Å². The molecule has 0 amide bonds. The summed E-state index contributed by atoms with van der Waals surface area (Å²) in [6.45, 7) is 1.08. The number of aromatic nitrogens is 1. The van der Waals surface area contributed by atoms with Gasteiger partial charge in [-0.15, -0.1) is 0 Å². The van der Waals surface area contributed by atoms with Crippen molar-refractivity contribution < 1.29 is 4.74 Å². The van der Waals surface area contributed by atoms with Gasteiger partial charge in [0.2, 0.25) is 0 Å². The molecule has 2 aliphatic carbocycles. The molecule has 1 N–H and O–H groups in total. The van der Waals surface area contributed by atoms with Crippen LogP contribution in [0.1, 0.15) is 38.5 Å². The second-order valence-electron chi connectivity index (χ2n) is 6.44. The van der Waals surface area contributed by atoms with Crippen LogP contribution in [0, 0.1) is 0 Å². The molecule has 2 fully saturated rings. The second kappa shape index (κ2) is 5.30. The van der Waals surface area contributed by atoms with E-state index in [2.05, 4.69) is 22.4 Å². The Hall–Kier alpha value is -1.61. The monoisotopic (exact) mass is 282 g/mol. The Morgan fingerprint density at radius 2 is 2.10 bits per heavy atom. The number of pyridine rings is 1. The fourth-order valence-electron chi connectivity index (χ4n) is 3.16. The lowest BCUT2D eigenvalue weighted by Crippen LogP contribution is -2.45. The lowest BCUT2D eigenvalue weighted by Gasteiger charge is -2.42. The molecule has 0 aliphatic heterocycles. The molecular formula is C18H22N2O. The summed E-state index contributed by atoms with van der Waals surface area (Å²) in [5.41, 5.74) is 1.06. The summed E-state index contributed by atoms with van der Waals surface area (Å²) >= 11 is 0. The lowest BCUT2D eigenvalue weighted by molar-refractivity contribution is -0.0130. The van der Waals surface area contributed by atoms with Crippen LogP contribution in [0.25, 0.3) is 10.9 Å². The number of hydrogen-bond donors (Lipinski definition) is 1. The summed E-state index contributed by atoms with van der Waals surface area (Å²) < 4.78 is 6.47. The molecule has 21 heavy (non-hydrogen) atoms. The van der Waals surface area contributed by atoms with Gasteiger partial charge in [-0.2, -0.15) is 0 Å². The zero-order valence-corrected chi connectivity index (χ0v) is 12.3. The molecule has 1 aromatic carbocycles. The number of hydrogen-bond acceptors (Lipinski definition) is 3. The minimum absolute atomic E-state index is 0.0476. The summed E-state index contributed by atoms with van der Waals surface area (Å²) in [5, 5.41) is 4.74. The Balaban J connectivity index is 1.51. The number of benzene rings is 1. The fourth-order valence-corrected chi connectivity index (χ4v) is 3.16. The van der Waals surface area contributed by atoms with Gasteiger partial charge in [0.25, 0.3) is 0 Å². The molecular weight excluding hydrogens is 260 g/mol. The highest BCUT2D eigenvalue weighted by Crippen LogP contribution is 2.41. The lowest BCUT2D eigenvalue weighted by atomic mass is 9.77. The van der Waals surface area contributed by atoms with Crippen LogP contribution >= 0.6 is 0 Å². The van der Waals surface area contributed by atoms with Crippen LogP contribution in [0.3, 0.4) is 0 Å². The van der Waals surface area contributed by atoms with Crippen molar-refractivity contribution in [2.45, 2.75) is 50.2 Å².